The molecule has 0 aliphatic carbocycles. The van der Waals surface area contributed by atoms with Gasteiger partial charge in [-0.3, -0.25) is 4.40 Å². The minimum Gasteiger partial charge on any atom is -0.307 e. The Morgan fingerprint density at radius 3 is 2.90 bits per heavy atom. The number of rotatable bonds is 5. The van der Waals surface area contributed by atoms with Crippen molar-refractivity contribution in [2.75, 3.05) is 19.6 Å². The second kappa shape index (κ2) is 6.20. The van der Waals surface area contributed by atoms with Gasteiger partial charge in [0.1, 0.15) is 4.60 Å². The van der Waals surface area contributed by atoms with E-state index in [2.05, 4.69) is 47.4 Å². The summed E-state index contributed by atoms with van der Waals surface area (Å²) in [5.41, 5.74) is 2.05. The standard InChI is InChI=1S/C14H20BrN5/c1-11(9-19-4-2-3-5-19)16-6-12-7-18-14-8-17-13(15)10-20(12)14/h7-8,10-11,16H,2-6,9H2,1H3. The highest BCUT2D eigenvalue weighted by molar-refractivity contribution is 9.10. The van der Waals surface area contributed by atoms with Gasteiger partial charge in [-0.1, -0.05) is 0 Å². The lowest BCUT2D eigenvalue weighted by atomic mass is 10.3. The van der Waals surface area contributed by atoms with Gasteiger partial charge in [-0.25, -0.2) is 9.97 Å². The molecular formula is C14H20BrN5. The van der Waals surface area contributed by atoms with E-state index in [9.17, 15) is 0 Å². The third kappa shape index (κ3) is 3.19. The molecule has 1 atom stereocenters. The third-order valence-corrected chi connectivity index (χ3v) is 4.21. The molecule has 1 unspecified atom stereocenters. The Hall–Kier alpha value is -0.980. The van der Waals surface area contributed by atoms with Crippen molar-refractivity contribution in [3.8, 4) is 0 Å². The second-order valence-corrected chi connectivity index (χ2v) is 6.29. The summed E-state index contributed by atoms with van der Waals surface area (Å²) >= 11 is 3.40. The Bertz CT molecular complexity index is 576. The topological polar surface area (TPSA) is 45.5 Å². The number of aromatic nitrogens is 3. The zero-order valence-corrected chi connectivity index (χ0v) is 13.3. The maximum Gasteiger partial charge on any atom is 0.155 e. The molecule has 1 saturated heterocycles. The molecule has 1 aliphatic rings. The second-order valence-electron chi connectivity index (χ2n) is 5.48. The molecule has 108 valence electrons. The summed E-state index contributed by atoms with van der Waals surface area (Å²) < 4.78 is 2.90. The predicted octanol–water partition coefficient (Wildman–Crippen LogP) is 2.07. The molecule has 3 rings (SSSR count). The maximum absolute atomic E-state index is 4.37. The lowest BCUT2D eigenvalue weighted by molar-refractivity contribution is 0.298. The van der Waals surface area contributed by atoms with Crippen LogP contribution in [0, 0.1) is 0 Å². The molecule has 0 aromatic carbocycles. The smallest absolute Gasteiger partial charge is 0.155 e. The molecule has 5 nitrogen and oxygen atoms in total. The quantitative estimate of drug-likeness (QED) is 0.907. The molecule has 2 aromatic rings. The van der Waals surface area contributed by atoms with E-state index in [1.165, 1.54) is 25.9 Å². The Labute approximate surface area is 127 Å². The molecule has 1 fully saturated rings. The number of hydrogen-bond acceptors (Lipinski definition) is 4. The molecule has 2 aromatic heterocycles. The van der Waals surface area contributed by atoms with E-state index in [0.717, 1.165) is 29.0 Å². The fourth-order valence-corrected chi connectivity index (χ4v) is 3.05. The number of likely N-dealkylation sites (tertiary alicyclic amines) is 1. The molecule has 3 heterocycles. The van der Waals surface area contributed by atoms with Crippen LogP contribution in [0.25, 0.3) is 5.65 Å². The van der Waals surface area contributed by atoms with E-state index < -0.39 is 0 Å². The summed E-state index contributed by atoms with van der Waals surface area (Å²) in [7, 11) is 0. The first-order valence-corrected chi connectivity index (χ1v) is 7.95. The van der Waals surface area contributed by atoms with Crippen molar-refractivity contribution in [3.05, 3.63) is 28.9 Å². The first kappa shape index (κ1) is 14.0. The first-order valence-electron chi connectivity index (χ1n) is 7.15. The molecule has 0 radical (unpaired) electrons. The summed E-state index contributed by atoms with van der Waals surface area (Å²) in [6.07, 6.45) is 8.35. The molecule has 1 aliphatic heterocycles. The number of hydrogen-bond donors (Lipinski definition) is 1. The van der Waals surface area contributed by atoms with E-state index >= 15 is 0 Å². The Balaban J connectivity index is 1.60. The summed E-state index contributed by atoms with van der Waals surface area (Å²) in [5, 5.41) is 3.59. The number of fused-ring (bicyclic) bond motifs is 1. The van der Waals surface area contributed by atoms with Crippen molar-refractivity contribution in [3.63, 3.8) is 0 Å². The van der Waals surface area contributed by atoms with E-state index in [1.54, 1.807) is 6.20 Å². The van der Waals surface area contributed by atoms with Crippen LogP contribution in [0.5, 0.6) is 0 Å². The van der Waals surface area contributed by atoms with E-state index in [-0.39, 0.29) is 0 Å². The molecule has 0 bridgehead atoms. The zero-order chi connectivity index (χ0) is 13.9. The van der Waals surface area contributed by atoms with Gasteiger partial charge in [0.05, 0.1) is 18.1 Å². The van der Waals surface area contributed by atoms with Gasteiger partial charge in [-0.15, -0.1) is 0 Å². The van der Waals surface area contributed by atoms with Crippen molar-refractivity contribution in [1.29, 1.82) is 0 Å². The molecule has 0 spiro atoms. The number of halogens is 1. The molecule has 0 saturated carbocycles. The van der Waals surface area contributed by atoms with Gasteiger partial charge in [0.25, 0.3) is 0 Å². The van der Waals surface area contributed by atoms with E-state index in [0.29, 0.717) is 6.04 Å². The van der Waals surface area contributed by atoms with Gasteiger partial charge < -0.3 is 10.2 Å². The third-order valence-electron chi connectivity index (χ3n) is 3.80. The van der Waals surface area contributed by atoms with Crippen LogP contribution in [0.3, 0.4) is 0 Å². The summed E-state index contributed by atoms with van der Waals surface area (Å²) in [4.78, 5) is 11.1. The first-order chi connectivity index (χ1) is 9.72. The van der Waals surface area contributed by atoms with Crippen LogP contribution in [0.1, 0.15) is 25.5 Å². The number of nitrogens with zero attached hydrogens (tertiary/aromatic N) is 4. The SMILES string of the molecule is CC(CN1CCCC1)NCc1cnc2cnc(Br)cn12. The van der Waals surface area contributed by atoms with Gasteiger partial charge in [0, 0.05) is 25.3 Å². The van der Waals surface area contributed by atoms with Crippen molar-refractivity contribution in [2.24, 2.45) is 0 Å². The highest BCUT2D eigenvalue weighted by Gasteiger charge is 2.14. The van der Waals surface area contributed by atoms with Crippen LogP contribution < -0.4 is 5.32 Å². The van der Waals surface area contributed by atoms with E-state index in [4.69, 9.17) is 0 Å². The van der Waals surface area contributed by atoms with Gasteiger partial charge in [0.15, 0.2) is 5.65 Å². The maximum atomic E-state index is 4.37. The van der Waals surface area contributed by atoms with Crippen LogP contribution in [-0.4, -0.2) is 44.9 Å². The lowest BCUT2D eigenvalue weighted by Crippen LogP contribution is -2.37. The fourth-order valence-electron chi connectivity index (χ4n) is 2.74. The average Bonchev–Trinajstić information content (AvgIpc) is 3.05. The minimum atomic E-state index is 0.490. The van der Waals surface area contributed by atoms with Crippen molar-refractivity contribution >= 4 is 21.6 Å². The van der Waals surface area contributed by atoms with Crippen molar-refractivity contribution in [2.45, 2.75) is 32.4 Å². The van der Waals surface area contributed by atoms with Crippen LogP contribution in [0.15, 0.2) is 23.2 Å². The predicted molar refractivity (Wildman–Crippen MR) is 82.7 cm³/mol. The normalized spacial score (nSPS) is 17.9. The van der Waals surface area contributed by atoms with Gasteiger partial charge in [-0.2, -0.15) is 0 Å². The summed E-state index contributed by atoms with van der Waals surface area (Å²) in [5.74, 6) is 0. The van der Waals surface area contributed by atoms with Crippen LogP contribution in [0.4, 0.5) is 0 Å². The molecule has 6 heteroatoms. The highest BCUT2D eigenvalue weighted by atomic mass is 79.9. The zero-order valence-electron chi connectivity index (χ0n) is 11.7. The van der Waals surface area contributed by atoms with Crippen molar-refractivity contribution in [1.82, 2.24) is 24.6 Å². The van der Waals surface area contributed by atoms with Crippen molar-refractivity contribution < 1.29 is 0 Å². The van der Waals surface area contributed by atoms with Crippen LogP contribution in [-0.2, 0) is 6.54 Å². The van der Waals surface area contributed by atoms with Gasteiger partial charge in [-0.05, 0) is 48.8 Å². The summed E-state index contributed by atoms with van der Waals surface area (Å²) in [6, 6.07) is 0.490. The molecular weight excluding hydrogens is 318 g/mol. The highest BCUT2D eigenvalue weighted by Crippen LogP contribution is 2.11. The largest absolute Gasteiger partial charge is 0.307 e. The molecule has 20 heavy (non-hydrogen) atoms. The monoisotopic (exact) mass is 337 g/mol. The van der Waals surface area contributed by atoms with E-state index in [1.807, 2.05) is 12.4 Å². The lowest BCUT2D eigenvalue weighted by Gasteiger charge is -2.21. The number of imidazole rings is 1. The average molecular weight is 338 g/mol. The Morgan fingerprint density at radius 1 is 1.30 bits per heavy atom. The van der Waals surface area contributed by atoms with Crippen LogP contribution >= 0.6 is 15.9 Å². The fraction of sp³-hybridized carbons (Fsp3) is 0.571. The minimum absolute atomic E-state index is 0.490. The van der Waals surface area contributed by atoms with Crippen LogP contribution in [0.2, 0.25) is 0 Å². The Kier molecular flexibility index (Phi) is 4.33. The summed E-state index contributed by atoms with van der Waals surface area (Å²) in [6.45, 7) is 6.70. The molecule has 1 N–H and O–H groups in total. The molecule has 0 amide bonds. The number of nitrogens with one attached hydrogen (secondary N) is 1. The van der Waals surface area contributed by atoms with Gasteiger partial charge >= 0.3 is 0 Å². The Morgan fingerprint density at radius 2 is 2.10 bits per heavy atom. The van der Waals surface area contributed by atoms with Gasteiger partial charge in [0.2, 0.25) is 0 Å².